The summed E-state index contributed by atoms with van der Waals surface area (Å²) < 4.78 is 27.0. The number of carbonyl (C=O) groups is 1. The van der Waals surface area contributed by atoms with Gasteiger partial charge in [0.15, 0.2) is 25.0 Å². The molecule has 0 amide bonds. The zero-order valence-corrected chi connectivity index (χ0v) is 34.7. The van der Waals surface area contributed by atoms with Gasteiger partial charge in [0.25, 0.3) is 0 Å². The molecule has 0 saturated heterocycles. The van der Waals surface area contributed by atoms with E-state index in [2.05, 4.69) is 80.8 Å². The van der Waals surface area contributed by atoms with Crippen LogP contribution in [0.1, 0.15) is 99.3 Å². The van der Waals surface area contributed by atoms with Crippen LogP contribution in [0, 0.1) is 46.3 Å². The first-order chi connectivity index (χ1) is 20.9. The molecule has 0 aromatic heterocycles. The first-order valence-electron chi connectivity index (χ1n) is 19.0. The third-order valence-corrected chi connectivity index (χ3v) is 22.4. The Labute approximate surface area is 281 Å². The summed E-state index contributed by atoms with van der Waals surface area (Å²) in [5, 5.41) is 0. The van der Waals surface area contributed by atoms with Crippen molar-refractivity contribution in [1.29, 1.82) is 0 Å². The molecule has 4 fully saturated rings. The van der Waals surface area contributed by atoms with Gasteiger partial charge in [0, 0.05) is 18.6 Å². The Bertz CT molecular complexity index is 1020. The fourth-order valence-corrected chi connectivity index (χ4v) is 14.4. The van der Waals surface area contributed by atoms with Gasteiger partial charge in [-0.1, -0.05) is 41.5 Å². The number of hydrogen-bond acceptors (Lipinski definition) is 5. The summed E-state index contributed by atoms with van der Waals surface area (Å²) in [5.74, 6) is 3.45. The van der Waals surface area contributed by atoms with E-state index in [0.717, 1.165) is 12.5 Å². The zero-order valence-electron chi connectivity index (χ0n) is 31.7. The molecule has 4 aliphatic carbocycles. The van der Waals surface area contributed by atoms with E-state index in [-0.39, 0.29) is 17.5 Å². The molecule has 0 aromatic carbocycles. The second kappa shape index (κ2) is 14.1. The topological polar surface area (TPSA) is 54.0 Å². The minimum absolute atomic E-state index is 0.0754. The van der Waals surface area contributed by atoms with Gasteiger partial charge in [-0.25, -0.2) is 0 Å². The van der Waals surface area contributed by atoms with Gasteiger partial charge in [0.2, 0.25) is 0 Å². The SMILES string of the molecule is CC[Si](C)(C)O[C@@H]1CC[C@@]2(C)[C@H](C1)C[C@@H](O[Si](C)(C)CC)[C@@H]1[C@@H]2C[C@H](O[Si](C)(C)CC)[C@]2(C)[C@@H]([C@H](C)CCC(=O)OC)CC[C@@H]12. The summed E-state index contributed by atoms with van der Waals surface area (Å²) in [5.41, 5.74) is 0.422. The number of carbonyl (C=O) groups excluding carboxylic acids is 1. The Morgan fingerprint density at radius 2 is 1.40 bits per heavy atom. The highest BCUT2D eigenvalue weighted by atomic mass is 28.4. The Hall–Kier alpha value is 0.000649. The first kappa shape index (κ1) is 37.8. The molecule has 0 aromatic rings. The van der Waals surface area contributed by atoms with Gasteiger partial charge in [-0.2, -0.15) is 0 Å². The quantitative estimate of drug-likeness (QED) is 0.143. The summed E-state index contributed by atoms with van der Waals surface area (Å²) in [6.07, 6.45) is 11.1. The largest absolute Gasteiger partial charge is 0.469 e. The minimum atomic E-state index is -1.82. The molecular weight excluding hydrogens is 609 g/mol. The molecule has 45 heavy (non-hydrogen) atoms. The Kier molecular flexibility index (Phi) is 11.8. The van der Waals surface area contributed by atoms with E-state index in [9.17, 15) is 4.79 Å². The van der Waals surface area contributed by atoms with Gasteiger partial charge in [0.05, 0.1) is 13.2 Å². The van der Waals surface area contributed by atoms with Crippen LogP contribution in [0.4, 0.5) is 0 Å². The lowest BCUT2D eigenvalue weighted by atomic mass is 9.43. The van der Waals surface area contributed by atoms with Crippen LogP contribution in [0.25, 0.3) is 0 Å². The molecule has 4 saturated carbocycles. The van der Waals surface area contributed by atoms with E-state index >= 15 is 0 Å². The predicted octanol–water partition coefficient (Wildman–Crippen LogP) is 10.3. The summed E-state index contributed by atoms with van der Waals surface area (Å²) in [4.78, 5) is 12.2. The number of methoxy groups -OCH3 is 1. The van der Waals surface area contributed by atoms with Gasteiger partial charge >= 0.3 is 5.97 Å². The lowest BCUT2D eigenvalue weighted by Gasteiger charge is -2.66. The van der Waals surface area contributed by atoms with Gasteiger partial charge in [0.1, 0.15) is 0 Å². The Balaban J connectivity index is 1.74. The van der Waals surface area contributed by atoms with Crippen LogP contribution in [0.5, 0.6) is 0 Å². The molecule has 0 bridgehead atoms. The normalized spacial score (nSPS) is 39.5. The molecule has 0 radical (unpaired) electrons. The molecule has 4 rings (SSSR count). The maximum absolute atomic E-state index is 12.2. The number of ether oxygens (including phenoxy) is 1. The average molecular weight is 681 g/mol. The van der Waals surface area contributed by atoms with Crippen molar-refractivity contribution in [3.8, 4) is 0 Å². The van der Waals surface area contributed by atoms with E-state index in [4.69, 9.17) is 18.0 Å². The lowest BCUT2D eigenvalue weighted by Crippen LogP contribution is -2.65. The van der Waals surface area contributed by atoms with Crippen molar-refractivity contribution in [3.05, 3.63) is 0 Å². The van der Waals surface area contributed by atoms with Gasteiger partial charge in [-0.3, -0.25) is 4.79 Å². The highest BCUT2D eigenvalue weighted by Crippen LogP contribution is 2.70. The van der Waals surface area contributed by atoms with Crippen LogP contribution in [0.2, 0.25) is 57.4 Å². The second-order valence-electron chi connectivity index (χ2n) is 18.2. The second-order valence-corrected chi connectivity index (χ2v) is 31.6. The number of rotatable bonds is 13. The summed E-state index contributed by atoms with van der Waals surface area (Å²) >= 11 is 0. The van der Waals surface area contributed by atoms with Gasteiger partial charge < -0.3 is 18.0 Å². The third kappa shape index (κ3) is 7.76. The fraction of sp³-hybridized carbons (Fsp3) is 0.973. The van der Waals surface area contributed by atoms with Crippen molar-refractivity contribution in [2.24, 2.45) is 46.3 Å². The van der Waals surface area contributed by atoms with E-state index in [1.165, 1.54) is 64.1 Å². The molecule has 0 heterocycles. The molecule has 0 aliphatic heterocycles. The van der Waals surface area contributed by atoms with Crippen LogP contribution in [0.3, 0.4) is 0 Å². The van der Waals surface area contributed by atoms with Crippen LogP contribution >= 0.6 is 0 Å². The zero-order chi connectivity index (χ0) is 33.6. The van der Waals surface area contributed by atoms with Gasteiger partial charge in [-0.15, -0.1) is 0 Å². The van der Waals surface area contributed by atoms with Crippen LogP contribution in [-0.4, -0.2) is 56.3 Å². The van der Waals surface area contributed by atoms with E-state index in [1.807, 2.05) is 0 Å². The standard InChI is InChI=1S/C37H72O5Si3/c1-14-43(8,9)40-28-21-22-36(5)27(23-28)24-32(41-44(10,11)15-2)35-30-19-18-29(26(4)17-20-34(38)39-7)37(30,6)33(25-31(35)36)42-45(12,13)16-3/h26-33,35H,14-25H2,1-13H3/t26-,27-,28-,29-,30+,31+,32-,33+,35+,36+,37-/m1/s1. The van der Waals surface area contributed by atoms with Crippen LogP contribution in [0.15, 0.2) is 0 Å². The molecule has 262 valence electrons. The molecule has 4 aliphatic rings. The highest BCUT2D eigenvalue weighted by Gasteiger charge is 2.67. The Morgan fingerprint density at radius 1 is 0.800 bits per heavy atom. The number of esters is 1. The summed E-state index contributed by atoms with van der Waals surface area (Å²) in [7, 11) is -3.69. The lowest BCUT2D eigenvalue weighted by molar-refractivity contribution is -0.199. The minimum Gasteiger partial charge on any atom is -0.469 e. The molecular formula is C37H72O5Si3. The predicted molar refractivity (Wildman–Crippen MR) is 195 cm³/mol. The van der Waals surface area contributed by atoms with Crippen molar-refractivity contribution in [2.75, 3.05) is 7.11 Å². The summed E-state index contributed by atoms with van der Waals surface area (Å²) in [6.45, 7) is 29.3. The molecule has 11 atom stereocenters. The van der Waals surface area contributed by atoms with Crippen molar-refractivity contribution in [3.63, 3.8) is 0 Å². The van der Waals surface area contributed by atoms with Crippen molar-refractivity contribution in [1.82, 2.24) is 0 Å². The van der Waals surface area contributed by atoms with Crippen LogP contribution in [-0.2, 0) is 22.8 Å². The van der Waals surface area contributed by atoms with Crippen molar-refractivity contribution < 1.29 is 22.8 Å². The summed E-state index contributed by atoms with van der Waals surface area (Å²) in [6, 6.07) is 3.51. The molecule has 0 unspecified atom stereocenters. The maximum atomic E-state index is 12.2. The molecule has 0 spiro atoms. The van der Waals surface area contributed by atoms with Crippen molar-refractivity contribution >= 4 is 30.9 Å². The van der Waals surface area contributed by atoms with E-state index in [0.29, 0.717) is 59.6 Å². The van der Waals surface area contributed by atoms with Gasteiger partial charge in [-0.05, 0) is 155 Å². The smallest absolute Gasteiger partial charge is 0.305 e. The average Bonchev–Trinajstić information content (AvgIpc) is 3.34. The number of fused-ring (bicyclic) bond motifs is 5. The first-order valence-corrected chi connectivity index (χ1v) is 28.3. The third-order valence-electron chi connectivity index (χ3n) is 14.4. The maximum Gasteiger partial charge on any atom is 0.305 e. The van der Waals surface area contributed by atoms with Crippen LogP contribution < -0.4 is 0 Å². The molecule has 5 nitrogen and oxygen atoms in total. The fourth-order valence-electron chi connectivity index (χ4n) is 10.6. The van der Waals surface area contributed by atoms with E-state index in [1.54, 1.807) is 0 Å². The molecule has 0 N–H and O–H groups in total. The Morgan fingerprint density at radius 3 is 2.00 bits per heavy atom. The highest BCUT2D eigenvalue weighted by molar-refractivity contribution is 6.71. The van der Waals surface area contributed by atoms with E-state index < -0.39 is 25.0 Å². The van der Waals surface area contributed by atoms with Crippen molar-refractivity contribution in [2.45, 2.75) is 175 Å². The molecule has 8 heteroatoms. The monoisotopic (exact) mass is 680 g/mol. The number of hydrogen-bond donors (Lipinski definition) is 0.